The Hall–Kier alpha value is -3.56. The molecule has 0 saturated heterocycles. The molecule has 1 aromatic carbocycles. The van der Waals surface area contributed by atoms with E-state index in [0.717, 1.165) is 5.56 Å². The highest BCUT2D eigenvalue weighted by atomic mass is 16.5. The number of aliphatic hydroxyl groups is 2. The van der Waals surface area contributed by atoms with Crippen LogP contribution in [0.15, 0.2) is 60.6 Å². The molecule has 3 unspecified atom stereocenters. The Morgan fingerprint density at radius 2 is 2.19 bits per heavy atom. The molecule has 1 aromatic heterocycles. The molecule has 9 nitrogen and oxygen atoms in total. The average molecular weight is 423 g/mol. The van der Waals surface area contributed by atoms with E-state index in [1.807, 2.05) is 49.4 Å². The van der Waals surface area contributed by atoms with E-state index in [9.17, 15) is 9.90 Å². The first-order valence-electron chi connectivity index (χ1n) is 10.0. The van der Waals surface area contributed by atoms with Crippen LogP contribution >= 0.6 is 0 Å². The van der Waals surface area contributed by atoms with Gasteiger partial charge in [-0.1, -0.05) is 36.4 Å². The van der Waals surface area contributed by atoms with E-state index in [4.69, 9.17) is 9.84 Å². The molecule has 0 fully saturated rings. The molecule has 0 aliphatic carbocycles. The summed E-state index contributed by atoms with van der Waals surface area (Å²) >= 11 is 0. The molecule has 162 valence electrons. The van der Waals surface area contributed by atoms with E-state index in [2.05, 4.69) is 21.0 Å². The minimum atomic E-state index is -0.960. The molecule has 0 saturated carbocycles. The number of imidazole rings is 1. The van der Waals surface area contributed by atoms with Crippen molar-refractivity contribution in [2.45, 2.75) is 25.1 Å². The lowest BCUT2D eigenvalue weighted by Gasteiger charge is -2.26. The molecule has 0 bridgehead atoms. The predicted molar refractivity (Wildman–Crippen MR) is 116 cm³/mol. The molecule has 1 amide bonds. The largest absolute Gasteiger partial charge is 0.490 e. The van der Waals surface area contributed by atoms with Crippen LogP contribution in [0.25, 0.3) is 6.08 Å². The van der Waals surface area contributed by atoms with Gasteiger partial charge >= 0.3 is 0 Å². The van der Waals surface area contributed by atoms with Crippen LogP contribution in [0, 0.1) is 0 Å². The molecule has 0 radical (unpaired) electrons. The number of nitrogens with one attached hydrogen (secondary N) is 3. The summed E-state index contributed by atoms with van der Waals surface area (Å²) in [6.45, 7) is 1.59. The minimum Gasteiger partial charge on any atom is -0.490 e. The molecule has 2 aromatic rings. The number of fused-ring (bicyclic) bond motifs is 1. The third kappa shape index (κ3) is 4.62. The van der Waals surface area contributed by atoms with E-state index in [-0.39, 0.29) is 31.2 Å². The second kappa shape index (κ2) is 9.07. The average Bonchev–Trinajstić information content (AvgIpc) is 3.21. The fraction of sp³-hybridized carbons (Fsp3) is 0.273. The molecule has 5 N–H and O–H groups in total. The van der Waals surface area contributed by atoms with Crippen molar-refractivity contribution in [1.29, 1.82) is 0 Å². The Kier molecular flexibility index (Phi) is 6.06. The maximum Gasteiger partial charge on any atom is 0.277 e. The highest BCUT2D eigenvalue weighted by Crippen LogP contribution is 2.30. The third-order valence-electron chi connectivity index (χ3n) is 4.92. The Morgan fingerprint density at radius 3 is 3.00 bits per heavy atom. The quantitative estimate of drug-likeness (QED) is 0.451. The highest BCUT2D eigenvalue weighted by Gasteiger charge is 2.24. The number of rotatable bonds is 7. The number of dihydropyridines is 1. The van der Waals surface area contributed by atoms with Crippen molar-refractivity contribution < 1.29 is 19.7 Å². The van der Waals surface area contributed by atoms with Gasteiger partial charge in [0.05, 0.1) is 18.8 Å². The van der Waals surface area contributed by atoms with Gasteiger partial charge in [0.2, 0.25) is 0 Å². The topological polar surface area (TPSA) is 121 Å². The summed E-state index contributed by atoms with van der Waals surface area (Å²) in [6.07, 6.45) is 10.0. The summed E-state index contributed by atoms with van der Waals surface area (Å²) in [6, 6.07) is 7.25. The van der Waals surface area contributed by atoms with Crippen molar-refractivity contribution in [2.24, 2.45) is 0 Å². The zero-order valence-corrected chi connectivity index (χ0v) is 17.0. The highest BCUT2D eigenvalue weighted by molar-refractivity contribution is 5.94. The molecule has 2 aliphatic rings. The fourth-order valence-electron chi connectivity index (χ4n) is 3.35. The Balaban J connectivity index is 1.52. The Labute approximate surface area is 179 Å². The summed E-state index contributed by atoms with van der Waals surface area (Å²) < 4.78 is 7.33. The van der Waals surface area contributed by atoms with Crippen molar-refractivity contribution in [2.75, 3.05) is 18.6 Å². The van der Waals surface area contributed by atoms with Crippen LogP contribution in [0.4, 0.5) is 0 Å². The number of aliphatic hydroxyl groups excluding tert-OH is 2. The smallest absolute Gasteiger partial charge is 0.277 e. The van der Waals surface area contributed by atoms with Crippen LogP contribution in [-0.4, -0.2) is 51.1 Å². The second-order valence-electron chi connectivity index (χ2n) is 7.34. The first-order valence-corrected chi connectivity index (χ1v) is 10.0. The number of nitrogens with zero attached hydrogens (tertiary/aromatic N) is 2. The number of allylic oxidation sites excluding steroid dienone is 2. The maximum atomic E-state index is 12.9. The van der Waals surface area contributed by atoms with Gasteiger partial charge in [-0.15, -0.1) is 0 Å². The number of carbonyl (C=O) groups is 1. The van der Waals surface area contributed by atoms with Crippen LogP contribution in [0.5, 0.6) is 5.75 Å². The molecule has 2 aliphatic heterocycles. The van der Waals surface area contributed by atoms with Crippen LogP contribution in [-0.2, 0) is 0 Å². The second-order valence-corrected chi connectivity index (χ2v) is 7.34. The normalized spacial score (nSPS) is 20.2. The van der Waals surface area contributed by atoms with Gasteiger partial charge < -0.3 is 31.0 Å². The zero-order valence-electron chi connectivity index (χ0n) is 17.0. The number of hydrogen-bond donors (Lipinski definition) is 5. The Bertz CT molecular complexity index is 1040. The summed E-state index contributed by atoms with van der Waals surface area (Å²) in [5.74, 6) is 1.51. The number of amides is 1. The van der Waals surface area contributed by atoms with Gasteiger partial charge in [-0.05, 0) is 25.1 Å². The summed E-state index contributed by atoms with van der Waals surface area (Å²) in [4.78, 5) is 17.2. The summed E-state index contributed by atoms with van der Waals surface area (Å²) in [7, 11) is 0. The number of benzene rings is 1. The van der Waals surface area contributed by atoms with Gasteiger partial charge in [0.15, 0.2) is 5.82 Å². The summed E-state index contributed by atoms with van der Waals surface area (Å²) in [5, 5.41) is 24.7. The monoisotopic (exact) mass is 423 g/mol. The van der Waals surface area contributed by atoms with Crippen molar-refractivity contribution in [3.8, 4) is 5.75 Å². The fourth-order valence-corrected chi connectivity index (χ4v) is 3.35. The van der Waals surface area contributed by atoms with E-state index in [1.54, 1.807) is 16.8 Å². The molecular weight excluding hydrogens is 398 g/mol. The molecule has 31 heavy (non-hydrogen) atoms. The number of carbonyl (C=O) groups excluding carboxylic acids is 1. The first kappa shape index (κ1) is 20.7. The molecule has 9 heteroatoms. The predicted octanol–water partition coefficient (Wildman–Crippen LogP) is 1.05. The maximum absolute atomic E-state index is 12.9. The van der Waals surface area contributed by atoms with Gasteiger partial charge in [0.1, 0.15) is 30.0 Å². The van der Waals surface area contributed by atoms with Gasteiger partial charge in [-0.25, -0.2) is 9.66 Å². The number of aromatic nitrogens is 2. The van der Waals surface area contributed by atoms with Crippen LogP contribution in [0.3, 0.4) is 0 Å². The van der Waals surface area contributed by atoms with E-state index in [1.165, 1.54) is 6.20 Å². The van der Waals surface area contributed by atoms with Crippen molar-refractivity contribution >= 4 is 12.0 Å². The number of para-hydroxylation sites is 1. The van der Waals surface area contributed by atoms with Crippen LogP contribution in [0.2, 0.25) is 0 Å². The van der Waals surface area contributed by atoms with Crippen molar-refractivity contribution in [3.05, 3.63) is 77.7 Å². The van der Waals surface area contributed by atoms with Gasteiger partial charge in [0, 0.05) is 11.6 Å². The van der Waals surface area contributed by atoms with E-state index in [0.29, 0.717) is 23.1 Å². The molecule has 4 rings (SSSR count). The first-order chi connectivity index (χ1) is 15.0. The van der Waals surface area contributed by atoms with Gasteiger partial charge in [0.25, 0.3) is 5.91 Å². The number of hydrogen-bond acceptors (Lipinski definition) is 7. The molecule has 3 heterocycles. The van der Waals surface area contributed by atoms with Crippen LogP contribution < -0.4 is 20.8 Å². The van der Waals surface area contributed by atoms with E-state index < -0.39 is 6.10 Å². The molecular formula is C22H25N5O4. The van der Waals surface area contributed by atoms with Crippen molar-refractivity contribution in [1.82, 2.24) is 20.3 Å². The van der Waals surface area contributed by atoms with Crippen molar-refractivity contribution in [3.63, 3.8) is 0 Å². The third-order valence-corrected chi connectivity index (χ3v) is 4.92. The van der Waals surface area contributed by atoms with Gasteiger partial charge in [-0.3, -0.25) is 4.79 Å². The summed E-state index contributed by atoms with van der Waals surface area (Å²) in [5.41, 5.74) is 4.48. The lowest BCUT2D eigenvalue weighted by molar-refractivity contribution is 0.0532. The minimum absolute atomic E-state index is 0.0249. The molecule has 3 atom stereocenters. The zero-order chi connectivity index (χ0) is 21.8. The lowest BCUT2D eigenvalue weighted by Crippen LogP contribution is -2.38. The van der Waals surface area contributed by atoms with Gasteiger partial charge in [-0.2, -0.15) is 0 Å². The SMILES string of the molecule is CC1C=CC=C(NC(=O)c2cnc3n2NC(c2ccccc2OCC(O)CO)C=C3)N1. The van der Waals surface area contributed by atoms with Crippen LogP contribution in [0.1, 0.15) is 34.8 Å². The number of ether oxygens (including phenoxy) is 1. The van der Waals surface area contributed by atoms with E-state index >= 15 is 0 Å². The lowest BCUT2D eigenvalue weighted by atomic mass is 10.0. The standard InChI is InChI=1S/C22H25N5O4/c1-14-5-4-8-20(24-14)25-22(30)18-11-23-21-10-9-17(26-27(18)21)16-6-2-3-7-19(16)31-13-15(29)12-28/h2-11,14-15,17,24,26,28-29H,12-13H2,1H3,(H,25,30). The molecule has 0 spiro atoms. The Morgan fingerprint density at radius 1 is 1.35 bits per heavy atom.